The molecule has 18 heavy (non-hydrogen) atoms. The van der Waals surface area contributed by atoms with Gasteiger partial charge < -0.3 is 26.3 Å². The van der Waals surface area contributed by atoms with Gasteiger partial charge in [-0.1, -0.05) is 9.69 Å². The van der Waals surface area contributed by atoms with Gasteiger partial charge in [-0.05, 0) is 12.1 Å². The topological polar surface area (TPSA) is 157 Å². The first kappa shape index (κ1) is 11.6. The van der Waals surface area contributed by atoms with Crippen LogP contribution in [0.1, 0.15) is 5.76 Å². The lowest BCUT2D eigenvalue weighted by Gasteiger charge is -2.16. The van der Waals surface area contributed by atoms with Gasteiger partial charge in [-0.3, -0.25) is 11.1 Å². The molecular weight excluding hydrogens is 240 g/mol. The van der Waals surface area contributed by atoms with Crippen molar-refractivity contribution < 1.29 is 14.1 Å². The first-order valence-electron chi connectivity index (χ1n) is 4.98. The van der Waals surface area contributed by atoms with Crippen LogP contribution in [0.5, 0.6) is 0 Å². The quantitative estimate of drug-likeness (QED) is 0.399. The highest BCUT2D eigenvalue weighted by Crippen LogP contribution is 2.24. The maximum absolute atomic E-state index is 11.6. The van der Waals surface area contributed by atoms with E-state index in [9.17, 15) is 10.4 Å². The number of furan rings is 1. The Morgan fingerprint density at radius 2 is 1.89 bits per heavy atom. The normalized spacial score (nSPS) is 10.4. The molecule has 0 amide bonds. The Morgan fingerprint density at radius 1 is 1.17 bits per heavy atom. The second-order valence-electron chi connectivity index (χ2n) is 3.54. The summed E-state index contributed by atoms with van der Waals surface area (Å²) >= 11 is 0. The van der Waals surface area contributed by atoms with Gasteiger partial charge in [0.1, 0.15) is 12.3 Å². The van der Waals surface area contributed by atoms with Crippen molar-refractivity contribution >= 4 is 23.0 Å². The Hall–Kier alpha value is -2.84. The van der Waals surface area contributed by atoms with Crippen LogP contribution in [0.4, 0.5) is 23.0 Å². The molecule has 0 bridgehead atoms. The summed E-state index contributed by atoms with van der Waals surface area (Å²) in [6.45, 7) is 0.183. The average molecular weight is 252 g/mol. The Balaban J connectivity index is 2.33. The Morgan fingerprint density at radius 3 is 2.50 bits per heavy atom. The largest absolute Gasteiger partial charge is 0.675 e. The van der Waals surface area contributed by atoms with Gasteiger partial charge in [-0.15, -0.1) is 0 Å². The molecule has 9 heteroatoms. The molecule has 0 atom stereocenters. The fourth-order valence-electron chi connectivity index (χ4n) is 1.41. The maximum Gasteiger partial charge on any atom is 0.341 e. The van der Waals surface area contributed by atoms with Crippen molar-refractivity contribution in [3.05, 3.63) is 34.6 Å². The van der Waals surface area contributed by atoms with Crippen LogP contribution in [-0.2, 0) is 6.54 Å². The van der Waals surface area contributed by atoms with Crippen molar-refractivity contribution in [3.63, 3.8) is 0 Å². The van der Waals surface area contributed by atoms with E-state index >= 15 is 0 Å². The van der Waals surface area contributed by atoms with Crippen molar-refractivity contribution in [1.29, 1.82) is 0 Å². The molecule has 0 saturated carbocycles. The predicted octanol–water partition coefficient (Wildman–Crippen LogP) is -1.09. The van der Waals surface area contributed by atoms with Gasteiger partial charge in [0.15, 0.2) is 11.4 Å². The third-order valence-corrected chi connectivity index (χ3v) is 2.39. The van der Waals surface area contributed by atoms with Crippen LogP contribution in [0.25, 0.3) is 0 Å². The molecule has 0 saturated heterocycles. The first-order chi connectivity index (χ1) is 8.52. The zero-order valence-electron chi connectivity index (χ0n) is 9.29. The molecule has 0 fully saturated rings. The predicted molar refractivity (Wildman–Crippen MR) is 63.6 cm³/mol. The number of hydrogen-bond acceptors (Lipinski definition) is 7. The van der Waals surface area contributed by atoms with Gasteiger partial charge in [0, 0.05) is 0 Å². The maximum atomic E-state index is 11.6. The van der Waals surface area contributed by atoms with Gasteiger partial charge in [-0.25, -0.2) is 0 Å². The average Bonchev–Trinajstić information content (AvgIpc) is 2.87. The number of nitrogens with two attached hydrogens (primary N) is 3. The van der Waals surface area contributed by atoms with Crippen molar-refractivity contribution in [3.8, 4) is 0 Å². The minimum atomic E-state index is -0.439. The molecule has 0 aliphatic heterocycles. The van der Waals surface area contributed by atoms with Crippen molar-refractivity contribution in [2.24, 2.45) is 0 Å². The SMILES string of the molecule is Nc1c(N)c(NCc2ccco2)[n+]([O-])[n+]([O-])c1N. The molecule has 0 radical (unpaired) electrons. The molecule has 0 aliphatic rings. The summed E-state index contributed by atoms with van der Waals surface area (Å²) < 4.78 is 5.06. The lowest BCUT2D eigenvalue weighted by Crippen LogP contribution is -2.63. The van der Waals surface area contributed by atoms with E-state index in [2.05, 4.69) is 5.32 Å². The van der Waals surface area contributed by atoms with E-state index in [0.29, 0.717) is 5.76 Å². The van der Waals surface area contributed by atoms with Crippen LogP contribution >= 0.6 is 0 Å². The Labute approximate surface area is 102 Å². The standard InChI is InChI=1S/C9H12N6O3/c10-6-7(11)9(15(17)14(16)8(6)12)13-4-5-2-1-3-18-5/h1-3,13H,4,10-12H2. The van der Waals surface area contributed by atoms with Crippen LogP contribution < -0.4 is 32.2 Å². The highest BCUT2D eigenvalue weighted by Gasteiger charge is 2.22. The van der Waals surface area contributed by atoms with E-state index in [4.69, 9.17) is 21.6 Å². The van der Waals surface area contributed by atoms with Gasteiger partial charge in [-0.2, -0.15) is 0 Å². The number of rotatable bonds is 3. The number of nitrogen functional groups attached to an aromatic ring is 3. The van der Waals surface area contributed by atoms with E-state index in [1.165, 1.54) is 6.26 Å². The summed E-state index contributed by atoms with van der Waals surface area (Å²) in [5.74, 6) is -0.0404. The van der Waals surface area contributed by atoms with E-state index < -0.39 is 5.82 Å². The summed E-state index contributed by atoms with van der Waals surface area (Å²) in [6, 6.07) is 3.39. The van der Waals surface area contributed by atoms with Gasteiger partial charge in [0.2, 0.25) is 0 Å². The Kier molecular flexibility index (Phi) is 2.72. The number of nitrogens with zero attached hydrogens (tertiary/aromatic N) is 2. The number of nitrogens with one attached hydrogen (secondary N) is 1. The third kappa shape index (κ3) is 1.77. The first-order valence-corrected chi connectivity index (χ1v) is 4.98. The Bertz CT molecular complexity index is 539. The molecule has 96 valence electrons. The van der Waals surface area contributed by atoms with Crippen LogP contribution in [0.3, 0.4) is 0 Å². The number of aromatic nitrogens is 2. The molecule has 2 rings (SSSR count). The lowest BCUT2D eigenvalue weighted by atomic mass is 10.3. The lowest BCUT2D eigenvalue weighted by molar-refractivity contribution is -1.17. The zero-order chi connectivity index (χ0) is 13.3. The smallest absolute Gasteiger partial charge is 0.341 e. The van der Waals surface area contributed by atoms with Crippen molar-refractivity contribution in [2.45, 2.75) is 6.54 Å². The molecule has 7 N–H and O–H groups in total. The molecule has 2 aromatic rings. The highest BCUT2D eigenvalue weighted by molar-refractivity contribution is 5.79. The van der Waals surface area contributed by atoms with E-state index in [0.717, 1.165) is 0 Å². The zero-order valence-corrected chi connectivity index (χ0v) is 9.29. The van der Waals surface area contributed by atoms with E-state index in [-0.39, 0.29) is 33.4 Å². The van der Waals surface area contributed by atoms with E-state index in [1.807, 2.05) is 0 Å². The molecule has 0 aliphatic carbocycles. The summed E-state index contributed by atoms with van der Waals surface area (Å²) in [5, 5.41) is 25.6. The molecular formula is C9H12N6O3. The fourth-order valence-corrected chi connectivity index (χ4v) is 1.41. The van der Waals surface area contributed by atoms with Gasteiger partial charge >= 0.3 is 11.6 Å². The molecule has 2 heterocycles. The fraction of sp³-hybridized carbons (Fsp3) is 0.111. The molecule has 9 nitrogen and oxygen atoms in total. The monoisotopic (exact) mass is 252 g/mol. The second-order valence-corrected chi connectivity index (χ2v) is 3.54. The molecule has 0 unspecified atom stereocenters. The summed E-state index contributed by atoms with van der Waals surface area (Å²) in [5.41, 5.74) is 16.2. The summed E-state index contributed by atoms with van der Waals surface area (Å²) in [7, 11) is 0. The molecule has 2 aromatic heterocycles. The van der Waals surface area contributed by atoms with Gasteiger partial charge in [0.05, 0.1) is 6.26 Å². The van der Waals surface area contributed by atoms with Crippen LogP contribution in [0.2, 0.25) is 0 Å². The van der Waals surface area contributed by atoms with E-state index in [1.54, 1.807) is 12.1 Å². The third-order valence-electron chi connectivity index (χ3n) is 2.39. The minimum absolute atomic E-state index is 0.00995. The van der Waals surface area contributed by atoms with Crippen LogP contribution in [0, 0.1) is 10.4 Å². The molecule has 0 spiro atoms. The highest BCUT2D eigenvalue weighted by atomic mass is 16.6. The van der Waals surface area contributed by atoms with Crippen LogP contribution in [0.15, 0.2) is 22.8 Å². The second kappa shape index (κ2) is 4.20. The minimum Gasteiger partial charge on any atom is -0.675 e. The van der Waals surface area contributed by atoms with Crippen LogP contribution in [-0.4, -0.2) is 0 Å². The van der Waals surface area contributed by atoms with Crippen molar-refractivity contribution in [1.82, 2.24) is 0 Å². The number of anilines is 4. The van der Waals surface area contributed by atoms with Gasteiger partial charge in [0.25, 0.3) is 0 Å². The number of hydrogen-bond donors (Lipinski definition) is 4. The molecule has 0 aromatic carbocycles. The summed E-state index contributed by atoms with van der Waals surface area (Å²) in [4.78, 5) is -0.0971. The van der Waals surface area contributed by atoms with Crippen molar-refractivity contribution in [2.75, 3.05) is 22.5 Å². The summed E-state index contributed by atoms with van der Waals surface area (Å²) in [6.07, 6.45) is 1.48.